The second kappa shape index (κ2) is 9.13. The molecule has 4 rings (SSSR count). The minimum Gasteiger partial charge on any atom is -0.494 e. The molecule has 0 saturated carbocycles. The van der Waals surface area contributed by atoms with Gasteiger partial charge in [0.25, 0.3) is 0 Å². The molecule has 2 aromatic heterocycles. The molecule has 158 valence electrons. The van der Waals surface area contributed by atoms with E-state index in [4.69, 9.17) is 4.74 Å². The molecule has 1 unspecified atom stereocenters. The second-order valence-corrected chi connectivity index (χ2v) is 7.99. The first-order valence-corrected chi connectivity index (χ1v) is 10.6. The summed E-state index contributed by atoms with van der Waals surface area (Å²) in [7, 11) is 0. The highest BCUT2D eigenvalue weighted by molar-refractivity contribution is 8.00. The molecule has 1 N–H and O–H groups in total. The Hall–Kier alpha value is -3.46. The molecular weight excluding hydrogens is 417 g/mol. The zero-order chi connectivity index (χ0) is 21.8. The van der Waals surface area contributed by atoms with Crippen molar-refractivity contribution in [2.75, 3.05) is 11.9 Å². The topological polar surface area (TPSA) is 81.9 Å². The Labute approximate surface area is 182 Å². The van der Waals surface area contributed by atoms with Crippen molar-refractivity contribution in [3.63, 3.8) is 0 Å². The van der Waals surface area contributed by atoms with Crippen LogP contribution in [0.15, 0.2) is 66.1 Å². The Morgan fingerprint density at radius 1 is 1.16 bits per heavy atom. The van der Waals surface area contributed by atoms with Crippen LogP contribution >= 0.6 is 11.8 Å². The van der Waals surface area contributed by atoms with E-state index < -0.39 is 5.25 Å². The van der Waals surface area contributed by atoms with Gasteiger partial charge >= 0.3 is 0 Å². The number of halogens is 1. The number of hydrogen-bond acceptors (Lipinski definition) is 6. The van der Waals surface area contributed by atoms with Gasteiger partial charge in [0, 0.05) is 5.69 Å². The summed E-state index contributed by atoms with van der Waals surface area (Å²) in [4.78, 5) is 21.3. The molecule has 0 bridgehead atoms. The van der Waals surface area contributed by atoms with E-state index in [1.165, 1.54) is 30.2 Å². The Morgan fingerprint density at radius 3 is 2.61 bits per heavy atom. The highest BCUT2D eigenvalue weighted by Gasteiger charge is 2.19. The maximum atomic E-state index is 13.2. The van der Waals surface area contributed by atoms with Crippen LogP contribution in [0, 0.1) is 5.82 Å². The van der Waals surface area contributed by atoms with Crippen LogP contribution in [-0.2, 0) is 4.79 Å². The third-order valence-corrected chi connectivity index (χ3v) is 5.61. The first kappa shape index (κ1) is 20.8. The molecular formula is C22H20FN5O2S. The molecule has 0 aliphatic rings. The minimum absolute atomic E-state index is 0.146. The summed E-state index contributed by atoms with van der Waals surface area (Å²) in [6.07, 6.45) is 3.08. The van der Waals surface area contributed by atoms with Crippen molar-refractivity contribution in [1.82, 2.24) is 19.7 Å². The lowest BCUT2D eigenvalue weighted by molar-refractivity contribution is -0.115. The lowest BCUT2D eigenvalue weighted by Gasteiger charge is -2.12. The zero-order valence-corrected chi connectivity index (χ0v) is 17.8. The maximum absolute atomic E-state index is 13.2. The predicted octanol–water partition coefficient (Wildman–Crippen LogP) is 4.47. The van der Waals surface area contributed by atoms with Crippen molar-refractivity contribution in [2.24, 2.45) is 0 Å². The zero-order valence-electron chi connectivity index (χ0n) is 16.9. The van der Waals surface area contributed by atoms with Crippen molar-refractivity contribution in [1.29, 1.82) is 0 Å². The first-order valence-electron chi connectivity index (χ1n) is 9.70. The van der Waals surface area contributed by atoms with Crippen LogP contribution in [0.25, 0.3) is 16.7 Å². The monoisotopic (exact) mass is 437 g/mol. The molecule has 9 heteroatoms. The summed E-state index contributed by atoms with van der Waals surface area (Å²) in [5.74, 6) is 0.287. The van der Waals surface area contributed by atoms with Gasteiger partial charge in [-0.25, -0.2) is 19.0 Å². The normalized spacial score (nSPS) is 12.0. The Kier molecular flexibility index (Phi) is 6.13. The van der Waals surface area contributed by atoms with Gasteiger partial charge in [0.1, 0.15) is 22.9 Å². The van der Waals surface area contributed by atoms with E-state index in [0.29, 0.717) is 28.7 Å². The predicted molar refractivity (Wildman–Crippen MR) is 118 cm³/mol. The molecule has 0 fully saturated rings. The van der Waals surface area contributed by atoms with Gasteiger partial charge in [-0.15, -0.1) is 0 Å². The lowest BCUT2D eigenvalue weighted by atomic mass is 10.3. The average molecular weight is 438 g/mol. The van der Waals surface area contributed by atoms with E-state index in [0.717, 1.165) is 11.1 Å². The van der Waals surface area contributed by atoms with Gasteiger partial charge in [-0.05, 0) is 62.4 Å². The number of nitrogens with one attached hydrogen (secondary N) is 1. The molecule has 2 heterocycles. The number of carbonyl (C=O) groups is 1. The molecule has 2 aromatic carbocycles. The number of aromatic nitrogens is 4. The van der Waals surface area contributed by atoms with Crippen molar-refractivity contribution >= 4 is 34.4 Å². The highest BCUT2D eigenvalue weighted by atomic mass is 32.2. The molecule has 0 aliphatic heterocycles. The Morgan fingerprint density at radius 2 is 1.90 bits per heavy atom. The fourth-order valence-electron chi connectivity index (χ4n) is 2.95. The van der Waals surface area contributed by atoms with E-state index in [1.54, 1.807) is 35.1 Å². The lowest BCUT2D eigenvalue weighted by Crippen LogP contribution is -2.22. The van der Waals surface area contributed by atoms with Gasteiger partial charge < -0.3 is 10.1 Å². The molecule has 0 radical (unpaired) electrons. The van der Waals surface area contributed by atoms with Crippen LogP contribution in [0.2, 0.25) is 0 Å². The number of rotatable bonds is 7. The Balaban J connectivity index is 1.50. The molecule has 0 spiro atoms. The smallest absolute Gasteiger partial charge is 0.237 e. The average Bonchev–Trinajstić information content (AvgIpc) is 3.21. The van der Waals surface area contributed by atoms with Gasteiger partial charge in [-0.2, -0.15) is 5.10 Å². The SMILES string of the molecule is CCOc1ccc(NC(=O)C(C)Sc2ncnc3c2cnn3-c2ccc(F)cc2)cc1. The van der Waals surface area contributed by atoms with Crippen LogP contribution in [0.1, 0.15) is 13.8 Å². The van der Waals surface area contributed by atoms with Crippen molar-refractivity contribution in [3.05, 3.63) is 66.9 Å². The van der Waals surface area contributed by atoms with Crippen molar-refractivity contribution < 1.29 is 13.9 Å². The van der Waals surface area contributed by atoms with E-state index in [1.807, 2.05) is 26.0 Å². The fraction of sp³-hybridized carbons (Fsp3) is 0.182. The number of anilines is 1. The van der Waals surface area contributed by atoms with Gasteiger partial charge in [-0.1, -0.05) is 11.8 Å². The van der Waals surface area contributed by atoms with Gasteiger partial charge in [-0.3, -0.25) is 4.79 Å². The number of thioether (sulfide) groups is 1. The summed E-state index contributed by atoms with van der Waals surface area (Å²) in [5, 5.41) is 8.23. The molecule has 31 heavy (non-hydrogen) atoms. The van der Waals surface area contributed by atoms with Crippen molar-refractivity contribution in [2.45, 2.75) is 24.1 Å². The summed E-state index contributed by atoms with van der Waals surface area (Å²) in [5.41, 5.74) is 1.97. The first-order chi connectivity index (χ1) is 15.0. The number of fused-ring (bicyclic) bond motifs is 1. The summed E-state index contributed by atoms with van der Waals surface area (Å²) in [6.45, 7) is 4.32. The molecule has 4 aromatic rings. The molecule has 1 amide bonds. The largest absolute Gasteiger partial charge is 0.494 e. The molecule has 0 aliphatic carbocycles. The third kappa shape index (κ3) is 4.66. The number of hydrogen-bond donors (Lipinski definition) is 1. The van der Waals surface area contributed by atoms with Crippen LogP contribution in [0.4, 0.5) is 10.1 Å². The number of ether oxygens (including phenoxy) is 1. The van der Waals surface area contributed by atoms with E-state index in [9.17, 15) is 9.18 Å². The van der Waals surface area contributed by atoms with Crippen molar-refractivity contribution in [3.8, 4) is 11.4 Å². The number of benzene rings is 2. The standard InChI is InChI=1S/C22H20FN5O2S/c1-3-30-18-10-6-16(7-11-18)27-21(29)14(2)31-22-19-12-26-28(20(19)24-13-25-22)17-8-4-15(23)5-9-17/h4-14H,3H2,1-2H3,(H,27,29). The second-order valence-electron chi connectivity index (χ2n) is 6.66. The number of carbonyl (C=O) groups excluding carboxylic acids is 1. The van der Waals surface area contributed by atoms with E-state index in [-0.39, 0.29) is 11.7 Å². The summed E-state index contributed by atoms with van der Waals surface area (Å²) >= 11 is 1.32. The number of nitrogens with zero attached hydrogens (tertiary/aromatic N) is 4. The summed E-state index contributed by atoms with van der Waals surface area (Å²) in [6, 6.07) is 13.2. The van der Waals surface area contributed by atoms with Crippen LogP contribution < -0.4 is 10.1 Å². The van der Waals surface area contributed by atoms with Gasteiger partial charge in [0.2, 0.25) is 5.91 Å². The molecule has 1 atom stereocenters. The number of amides is 1. The minimum atomic E-state index is -0.404. The molecule has 7 nitrogen and oxygen atoms in total. The summed E-state index contributed by atoms with van der Waals surface area (Å²) < 4.78 is 20.3. The van der Waals surface area contributed by atoms with Crippen LogP contribution in [-0.4, -0.2) is 37.5 Å². The van der Waals surface area contributed by atoms with E-state index >= 15 is 0 Å². The Bertz CT molecular complexity index is 1190. The maximum Gasteiger partial charge on any atom is 0.237 e. The molecule has 0 saturated heterocycles. The fourth-order valence-corrected chi connectivity index (χ4v) is 3.83. The quantitative estimate of drug-likeness (QED) is 0.339. The van der Waals surface area contributed by atoms with Gasteiger partial charge in [0.15, 0.2) is 5.65 Å². The highest BCUT2D eigenvalue weighted by Crippen LogP contribution is 2.29. The van der Waals surface area contributed by atoms with Gasteiger partial charge in [0.05, 0.1) is 29.1 Å². The van der Waals surface area contributed by atoms with Crippen LogP contribution in [0.5, 0.6) is 5.75 Å². The van der Waals surface area contributed by atoms with E-state index in [2.05, 4.69) is 20.4 Å². The van der Waals surface area contributed by atoms with Crippen LogP contribution in [0.3, 0.4) is 0 Å². The third-order valence-electron chi connectivity index (χ3n) is 4.49.